The maximum atomic E-state index is 11.1. The van der Waals surface area contributed by atoms with E-state index >= 15 is 0 Å². The zero-order valence-electron chi connectivity index (χ0n) is 9.18. The molecule has 0 aliphatic carbocycles. The average molecular weight is 216 g/mol. The average Bonchev–Trinajstić information content (AvgIpc) is 2.27. The van der Waals surface area contributed by atoms with Crippen LogP contribution in [0.5, 0.6) is 0 Å². The lowest BCUT2D eigenvalue weighted by atomic mass is 10.1. The Morgan fingerprint density at radius 1 is 0.750 bits per heavy atom. The Hall–Kier alpha value is -1.78. The molecule has 16 heavy (non-hydrogen) atoms. The normalized spacial score (nSPS) is 10.5. The topological polar surface area (TPSA) is 52.6 Å². The molecule has 0 bridgehead atoms. The first-order chi connectivity index (χ1) is 7.58. The fraction of sp³-hybridized carbons (Fsp3) is 0.167. The molecule has 0 fully saturated rings. The second kappa shape index (κ2) is 4.00. The molecule has 0 radical (unpaired) electrons. The van der Waals surface area contributed by atoms with Crippen molar-refractivity contribution in [3.8, 4) is 0 Å². The second-order valence-corrected chi connectivity index (χ2v) is 3.71. The number of hydrogen-bond acceptors (Lipinski definition) is 4. The minimum absolute atomic E-state index is 0.607. The van der Waals surface area contributed by atoms with Crippen LogP contribution < -0.4 is 10.1 Å². The van der Waals surface area contributed by atoms with Crippen LogP contribution in [0.3, 0.4) is 0 Å². The van der Waals surface area contributed by atoms with Crippen LogP contribution in [-0.2, 0) is 0 Å². The van der Waals surface area contributed by atoms with Gasteiger partial charge in [0.15, 0.2) is 0 Å². The lowest BCUT2D eigenvalue weighted by molar-refractivity contribution is 1.22. The summed E-state index contributed by atoms with van der Waals surface area (Å²) in [4.78, 5) is 0. The number of hydroxylamine groups is 2. The van der Waals surface area contributed by atoms with Gasteiger partial charge in [-0.25, -0.2) is 0 Å². The standard InChI is InChI=1S/C12H12N2O2/c1-13(15)11-5-3-10-8-12(14(2)16)6-4-9(10)7-11/h3-8H,1-2H3/q-2. The summed E-state index contributed by atoms with van der Waals surface area (Å²) >= 11 is 0. The van der Waals surface area contributed by atoms with E-state index in [1.807, 2.05) is 12.1 Å². The van der Waals surface area contributed by atoms with Gasteiger partial charge >= 0.3 is 0 Å². The molecule has 0 saturated heterocycles. The zero-order chi connectivity index (χ0) is 11.7. The van der Waals surface area contributed by atoms with Gasteiger partial charge in [0.05, 0.1) is 0 Å². The molecule has 84 valence electrons. The van der Waals surface area contributed by atoms with Gasteiger partial charge in [-0.3, -0.25) is 0 Å². The molecular weight excluding hydrogens is 204 g/mol. The molecule has 0 saturated carbocycles. The number of hydrogen-bond donors (Lipinski definition) is 0. The third-order valence-electron chi connectivity index (χ3n) is 2.53. The Labute approximate surface area is 93.9 Å². The molecule has 0 N–H and O–H groups in total. The highest BCUT2D eigenvalue weighted by Crippen LogP contribution is 2.25. The first-order valence-electron chi connectivity index (χ1n) is 4.93. The van der Waals surface area contributed by atoms with E-state index in [4.69, 9.17) is 0 Å². The van der Waals surface area contributed by atoms with E-state index in [9.17, 15) is 10.4 Å². The van der Waals surface area contributed by atoms with E-state index < -0.39 is 0 Å². The van der Waals surface area contributed by atoms with Gasteiger partial charge in [-0.2, -0.15) is 0 Å². The van der Waals surface area contributed by atoms with Gasteiger partial charge in [0, 0.05) is 11.4 Å². The van der Waals surface area contributed by atoms with Gasteiger partial charge in [-0.05, 0) is 49.1 Å². The van der Waals surface area contributed by atoms with Gasteiger partial charge in [0.2, 0.25) is 0 Å². The summed E-state index contributed by atoms with van der Waals surface area (Å²) in [5.74, 6) is 0. The molecule has 0 aliphatic rings. The maximum absolute atomic E-state index is 11.1. The van der Waals surface area contributed by atoms with Crippen LogP contribution in [0.1, 0.15) is 0 Å². The Kier molecular flexibility index (Phi) is 2.68. The van der Waals surface area contributed by atoms with Crippen LogP contribution in [0.25, 0.3) is 10.8 Å². The van der Waals surface area contributed by atoms with E-state index in [1.54, 1.807) is 24.3 Å². The molecule has 0 heterocycles. The number of rotatable bonds is 2. The number of fused-ring (bicyclic) bond motifs is 1. The van der Waals surface area contributed by atoms with Crippen LogP contribution in [0.2, 0.25) is 0 Å². The molecule has 0 aromatic heterocycles. The highest BCUT2D eigenvalue weighted by Gasteiger charge is 1.98. The van der Waals surface area contributed by atoms with Gasteiger partial charge in [0.1, 0.15) is 0 Å². The Morgan fingerprint density at radius 3 is 1.44 bits per heavy atom. The van der Waals surface area contributed by atoms with E-state index in [2.05, 4.69) is 0 Å². The van der Waals surface area contributed by atoms with Crippen molar-refractivity contribution in [3.63, 3.8) is 0 Å². The van der Waals surface area contributed by atoms with Crippen molar-refractivity contribution in [2.45, 2.75) is 0 Å². The van der Waals surface area contributed by atoms with Crippen molar-refractivity contribution in [1.29, 1.82) is 0 Å². The van der Waals surface area contributed by atoms with Crippen LogP contribution >= 0.6 is 0 Å². The van der Waals surface area contributed by atoms with E-state index in [0.29, 0.717) is 11.4 Å². The molecule has 2 aromatic rings. The Bertz CT molecular complexity index is 462. The van der Waals surface area contributed by atoms with Crippen molar-refractivity contribution in [1.82, 2.24) is 0 Å². The van der Waals surface area contributed by atoms with Crippen molar-refractivity contribution >= 4 is 22.1 Å². The third-order valence-corrected chi connectivity index (χ3v) is 2.53. The molecule has 2 rings (SSSR count). The molecule has 4 nitrogen and oxygen atoms in total. The Morgan fingerprint density at radius 2 is 1.12 bits per heavy atom. The second-order valence-electron chi connectivity index (χ2n) is 3.71. The molecule has 4 heteroatoms. The highest BCUT2D eigenvalue weighted by molar-refractivity contribution is 5.88. The Balaban J connectivity index is 2.53. The van der Waals surface area contributed by atoms with Crippen molar-refractivity contribution in [2.75, 3.05) is 24.2 Å². The van der Waals surface area contributed by atoms with Crippen LogP contribution in [0, 0.1) is 10.4 Å². The first kappa shape index (κ1) is 10.7. The number of benzene rings is 2. The summed E-state index contributed by atoms with van der Waals surface area (Å²) in [6.07, 6.45) is 0. The number of anilines is 2. The summed E-state index contributed by atoms with van der Waals surface area (Å²) in [7, 11) is 2.92. The van der Waals surface area contributed by atoms with Crippen molar-refractivity contribution < 1.29 is 0 Å². The van der Waals surface area contributed by atoms with Crippen molar-refractivity contribution in [2.24, 2.45) is 0 Å². The fourth-order valence-corrected chi connectivity index (χ4v) is 1.61. The fourth-order valence-electron chi connectivity index (χ4n) is 1.61. The van der Waals surface area contributed by atoms with Gasteiger partial charge in [-0.1, -0.05) is 12.1 Å². The molecule has 0 amide bonds. The third kappa shape index (κ3) is 1.93. The quantitative estimate of drug-likeness (QED) is 0.724. The molecule has 0 spiro atoms. The van der Waals surface area contributed by atoms with Gasteiger partial charge in [-0.15, -0.1) is 0 Å². The predicted octanol–water partition coefficient (Wildman–Crippen LogP) is 2.71. The molecular formula is C12H12N2O2-2. The smallest absolute Gasteiger partial charge is 0.0263 e. The van der Waals surface area contributed by atoms with E-state index in [0.717, 1.165) is 20.9 Å². The number of nitrogens with zero attached hydrogens (tertiary/aromatic N) is 2. The van der Waals surface area contributed by atoms with Gasteiger partial charge < -0.3 is 20.5 Å². The van der Waals surface area contributed by atoms with Gasteiger partial charge in [0.25, 0.3) is 0 Å². The van der Waals surface area contributed by atoms with E-state index in [1.165, 1.54) is 14.1 Å². The summed E-state index contributed by atoms with van der Waals surface area (Å²) in [6.45, 7) is 0. The molecule has 2 aromatic carbocycles. The van der Waals surface area contributed by atoms with Crippen LogP contribution in [-0.4, -0.2) is 14.1 Å². The minimum atomic E-state index is 0.607. The molecule has 0 atom stereocenters. The lowest BCUT2D eigenvalue weighted by Crippen LogP contribution is -2.06. The summed E-state index contributed by atoms with van der Waals surface area (Å²) in [5.41, 5.74) is 1.21. The van der Waals surface area contributed by atoms with E-state index in [-0.39, 0.29) is 0 Å². The summed E-state index contributed by atoms with van der Waals surface area (Å²) in [5, 5.41) is 25.8. The van der Waals surface area contributed by atoms with Crippen LogP contribution in [0.4, 0.5) is 11.4 Å². The summed E-state index contributed by atoms with van der Waals surface area (Å²) in [6, 6.07) is 10.8. The van der Waals surface area contributed by atoms with Crippen LogP contribution in [0.15, 0.2) is 36.4 Å². The highest BCUT2D eigenvalue weighted by atomic mass is 16.5. The zero-order valence-corrected chi connectivity index (χ0v) is 9.18. The van der Waals surface area contributed by atoms with Crippen molar-refractivity contribution in [3.05, 3.63) is 46.8 Å². The minimum Gasteiger partial charge on any atom is -0.758 e. The largest absolute Gasteiger partial charge is 0.758 e. The summed E-state index contributed by atoms with van der Waals surface area (Å²) < 4.78 is 0. The molecule has 0 aliphatic heterocycles. The monoisotopic (exact) mass is 216 g/mol. The lowest BCUT2D eigenvalue weighted by Gasteiger charge is -2.26. The predicted molar refractivity (Wildman–Crippen MR) is 67.5 cm³/mol. The maximum Gasteiger partial charge on any atom is 0.0263 e. The molecule has 0 unspecified atom stereocenters. The SMILES string of the molecule is CN([O-])c1ccc2cc(N(C)[O-])ccc2c1. The first-order valence-corrected chi connectivity index (χ1v) is 4.93.